The molecule has 1 saturated carbocycles. The second kappa shape index (κ2) is 6.83. The van der Waals surface area contributed by atoms with E-state index in [-0.39, 0.29) is 6.04 Å². The molecular formula is C19H23N3O2. The van der Waals surface area contributed by atoms with E-state index in [1.165, 1.54) is 11.1 Å². The molecule has 0 saturated heterocycles. The van der Waals surface area contributed by atoms with Crippen LogP contribution in [-0.2, 0) is 0 Å². The van der Waals surface area contributed by atoms with E-state index in [9.17, 15) is 0 Å². The Bertz CT molecular complexity index is 758. The van der Waals surface area contributed by atoms with Gasteiger partial charge >= 0.3 is 0 Å². The zero-order chi connectivity index (χ0) is 17.1. The van der Waals surface area contributed by atoms with E-state index in [4.69, 9.17) is 15.2 Å². The lowest BCUT2D eigenvalue weighted by atomic mass is 10.0. The van der Waals surface area contributed by atoms with Crippen molar-refractivity contribution < 1.29 is 9.47 Å². The number of hydrogen-bond acceptors (Lipinski definition) is 3. The molecule has 1 aliphatic carbocycles. The Morgan fingerprint density at radius 3 is 2.58 bits per heavy atom. The van der Waals surface area contributed by atoms with Crippen molar-refractivity contribution >= 4 is 11.6 Å². The minimum atomic E-state index is 0.249. The number of methoxy groups -OCH3 is 2. The standard InChI is InChI=1S/C19H23N3O2/c1-12-6-4-5-7-14(12)15-11-16(15)22-19(20)21-13-8-9-17(23-2)18(10-13)24-3/h4-10,15-16H,11H2,1-3H3,(H3,20,21,22). The average molecular weight is 325 g/mol. The highest BCUT2D eigenvalue weighted by Crippen LogP contribution is 2.44. The van der Waals surface area contributed by atoms with Crippen LogP contribution in [0.5, 0.6) is 11.5 Å². The van der Waals surface area contributed by atoms with E-state index < -0.39 is 0 Å². The van der Waals surface area contributed by atoms with Gasteiger partial charge in [0, 0.05) is 17.7 Å². The molecule has 0 aromatic heterocycles. The van der Waals surface area contributed by atoms with Crippen LogP contribution < -0.4 is 20.5 Å². The Kier molecular flexibility index (Phi) is 4.60. The number of nitrogens with one attached hydrogen (secondary N) is 1. The van der Waals surface area contributed by atoms with Crippen molar-refractivity contribution in [2.24, 2.45) is 10.7 Å². The molecule has 0 radical (unpaired) electrons. The van der Waals surface area contributed by atoms with Crippen LogP contribution in [0.2, 0.25) is 0 Å². The molecule has 2 atom stereocenters. The van der Waals surface area contributed by atoms with Gasteiger partial charge in [-0.2, -0.15) is 0 Å². The van der Waals surface area contributed by atoms with E-state index in [2.05, 4.69) is 41.5 Å². The number of guanidine groups is 1. The lowest BCUT2D eigenvalue weighted by Gasteiger charge is -2.11. The summed E-state index contributed by atoms with van der Waals surface area (Å²) in [5.74, 6) is 2.22. The number of hydrogen-bond donors (Lipinski definition) is 2. The van der Waals surface area contributed by atoms with Gasteiger partial charge in [0.25, 0.3) is 0 Å². The minimum absolute atomic E-state index is 0.249. The van der Waals surface area contributed by atoms with Crippen molar-refractivity contribution in [3.8, 4) is 11.5 Å². The Labute approximate surface area is 142 Å². The molecule has 3 rings (SSSR count). The summed E-state index contributed by atoms with van der Waals surface area (Å²) in [7, 11) is 3.22. The van der Waals surface area contributed by atoms with Crippen molar-refractivity contribution in [2.75, 3.05) is 19.5 Å². The van der Waals surface area contributed by atoms with Crippen LogP contribution in [0.25, 0.3) is 0 Å². The summed E-state index contributed by atoms with van der Waals surface area (Å²) in [4.78, 5) is 4.59. The predicted octanol–water partition coefficient (Wildman–Crippen LogP) is 3.29. The molecule has 0 bridgehead atoms. The zero-order valence-corrected chi connectivity index (χ0v) is 14.2. The summed E-state index contributed by atoms with van der Waals surface area (Å²) < 4.78 is 10.5. The number of aryl methyl sites for hydroxylation is 1. The Morgan fingerprint density at radius 2 is 1.88 bits per heavy atom. The van der Waals surface area contributed by atoms with E-state index in [1.807, 2.05) is 18.2 Å². The van der Waals surface area contributed by atoms with Gasteiger partial charge in [-0.1, -0.05) is 24.3 Å². The maximum Gasteiger partial charge on any atom is 0.193 e. The lowest BCUT2D eigenvalue weighted by molar-refractivity contribution is 0.355. The Morgan fingerprint density at radius 1 is 1.12 bits per heavy atom. The van der Waals surface area contributed by atoms with E-state index in [0.29, 0.717) is 23.4 Å². The van der Waals surface area contributed by atoms with Gasteiger partial charge in [-0.05, 0) is 36.6 Å². The van der Waals surface area contributed by atoms with Gasteiger partial charge in [0.05, 0.1) is 20.3 Å². The number of aliphatic imine (C=N–C) groups is 1. The summed E-state index contributed by atoms with van der Waals surface area (Å²) in [6.45, 7) is 2.14. The number of nitrogens with two attached hydrogens (primary N) is 1. The number of ether oxygens (including phenoxy) is 2. The molecule has 2 unspecified atom stereocenters. The summed E-state index contributed by atoms with van der Waals surface area (Å²) in [6.07, 6.45) is 1.04. The molecule has 2 aromatic rings. The largest absolute Gasteiger partial charge is 0.493 e. The topological polar surface area (TPSA) is 68.9 Å². The number of rotatable bonds is 5. The van der Waals surface area contributed by atoms with Crippen LogP contribution in [0.3, 0.4) is 0 Å². The smallest absolute Gasteiger partial charge is 0.193 e. The van der Waals surface area contributed by atoms with Gasteiger partial charge in [-0.25, -0.2) is 4.99 Å². The lowest BCUT2D eigenvalue weighted by Crippen LogP contribution is -2.23. The first-order valence-corrected chi connectivity index (χ1v) is 8.00. The van der Waals surface area contributed by atoms with Crippen LogP contribution in [-0.4, -0.2) is 26.2 Å². The molecule has 2 aromatic carbocycles. The summed E-state index contributed by atoms with van der Waals surface area (Å²) in [5.41, 5.74) is 9.55. The van der Waals surface area contributed by atoms with Gasteiger partial charge in [0.1, 0.15) is 0 Å². The van der Waals surface area contributed by atoms with Crippen molar-refractivity contribution in [1.82, 2.24) is 0 Å². The fraction of sp³-hybridized carbons (Fsp3) is 0.316. The van der Waals surface area contributed by atoms with Crippen molar-refractivity contribution in [3.05, 3.63) is 53.6 Å². The van der Waals surface area contributed by atoms with Crippen LogP contribution in [0.15, 0.2) is 47.5 Å². The summed E-state index contributed by atoms with van der Waals surface area (Å²) >= 11 is 0. The fourth-order valence-electron chi connectivity index (χ4n) is 2.93. The highest BCUT2D eigenvalue weighted by molar-refractivity contribution is 5.92. The monoisotopic (exact) mass is 325 g/mol. The van der Waals surface area contributed by atoms with Gasteiger partial charge < -0.3 is 20.5 Å². The quantitative estimate of drug-likeness (QED) is 0.654. The van der Waals surface area contributed by atoms with Gasteiger partial charge in [0.2, 0.25) is 0 Å². The molecular weight excluding hydrogens is 302 g/mol. The summed E-state index contributed by atoms with van der Waals surface area (Å²) in [5, 5.41) is 3.12. The molecule has 0 heterocycles. The zero-order valence-electron chi connectivity index (χ0n) is 14.2. The molecule has 3 N–H and O–H groups in total. The SMILES string of the molecule is COc1ccc(NC(N)=NC2CC2c2ccccc2C)cc1OC. The first-order chi connectivity index (χ1) is 11.6. The molecule has 0 spiro atoms. The Balaban J connectivity index is 1.67. The third-order valence-electron chi connectivity index (χ3n) is 4.31. The van der Waals surface area contributed by atoms with Gasteiger partial charge in [0.15, 0.2) is 17.5 Å². The van der Waals surface area contributed by atoms with Crippen molar-refractivity contribution in [1.29, 1.82) is 0 Å². The summed E-state index contributed by atoms with van der Waals surface area (Å²) in [6, 6.07) is 14.3. The first kappa shape index (κ1) is 16.2. The van der Waals surface area contributed by atoms with E-state index in [1.54, 1.807) is 14.2 Å². The van der Waals surface area contributed by atoms with E-state index in [0.717, 1.165) is 12.1 Å². The van der Waals surface area contributed by atoms with Gasteiger partial charge in [-0.3, -0.25) is 0 Å². The second-order valence-electron chi connectivity index (χ2n) is 5.98. The van der Waals surface area contributed by atoms with E-state index >= 15 is 0 Å². The molecule has 0 aliphatic heterocycles. The molecule has 126 valence electrons. The van der Waals surface area contributed by atoms with Crippen LogP contribution in [0.4, 0.5) is 5.69 Å². The predicted molar refractivity (Wildman–Crippen MR) is 97.1 cm³/mol. The highest BCUT2D eigenvalue weighted by atomic mass is 16.5. The maximum atomic E-state index is 6.05. The first-order valence-electron chi connectivity index (χ1n) is 8.00. The van der Waals surface area contributed by atoms with Gasteiger partial charge in [-0.15, -0.1) is 0 Å². The molecule has 5 nitrogen and oxygen atoms in total. The Hall–Kier alpha value is -2.69. The van der Waals surface area contributed by atoms with Crippen LogP contribution >= 0.6 is 0 Å². The molecule has 5 heteroatoms. The van der Waals surface area contributed by atoms with Crippen LogP contribution in [0.1, 0.15) is 23.5 Å². The average Bonchev–Trinajstić information content (AvgIpc) is 3.33. The third-order valence-corrected chi connectivity index (χ3v) is 4.31. The number of benzene rings is 2. The molecule has 1 aliphatic rings. The van der Waals surface area contributed by atoms with Crippen LogP contribution in [0, 0.1) is 6.92 Å². The second-order valence-corrected chi connectivity index (χ2v) is 5.98. The highest BCUT2D eigenvalue weighted by Gasteiger charge is 2.39. The van der Waals surface area contributed by atoms with Crippen molar-refractivity contribution in [2.45, 2.75) is 25.3 Å². The minimum Gasteiger partial charge on any atom is -0.493 e. The molecule has 24 heavy (non-hydrogen) atoms. The molecule has 1 fully saturated rings. The normalized spacial score (nSPS) is 19.7. The number of anilines is 1. The number of nitrogens with zero attached hydrogens (tertiary/aromatic N) is 1. The maximum absolute atomic E-state index is 6.05. The van der Waals surface area contributed by atoms with Crippen molar-refractivity contribution in [3.63, 3.8) is 0 Å². The molecule has 0 amide bonds. The fourth-order valence-corrected chi connectivity index (χ4v) is 2.93. The third kappa shape index (κ3) is 3.45.